The van der Waals surface area contributed by atoms with E-state index in [9.17, 15) is 9.59 Å². The second-order valence-corrected chi connectivity index (χ2v) is 7.89. The largest absolute Gasteiger partial charge is 0.357 e. The fourth-order valence-corrected chi connectivity index (χ4v) is 4.26. The fourth-order valence-electron chi connectivity index (χ4n) is 4.03. The van der Waals surface area contributed by atoms with Crippen molar-refractivity contribution in [2.45, 2.75) is 19.0 Å². The van der Waals surface area contributed by atoms with Gasteiger partial charge >= 0.3 is 5.69 Å². The molecule has 1 aliphatic heterocycles. The van der Waals surface area contributed by atoms with Crippen molar-refractivity contribution in [3.05, 3.63) is 55.8 Å². The van der Waals surface area contributed by atoms with Crippen molar-refractivity contribution < 1.29 is 0 Å². The summed E-state index contributed by atoms with van der Waals surface area (Å²) in [7, 11) is 1.78. The summed E-state index contributed by atoms with van der Waals surface area (Å²) < 4.78 is 2.90. The molecule has 0 aliphatic carbocycles. The molecule has 1 fully saturated rings. The smallest absolute Gasteiger partial charge is 0.330 e. The number of rotatable bonds is 3. The van der Waals surface area contributed by atoms with Crippen molar-refractivity contribution in [3.8, 4) is 0 Å². The molecule has 4 aromatic rings. The van der Waals surface area contributed by atoms with Gasteiger partial charge in [0.05, 0.1) is 6.54 Å². The molecule has 4 heterocycles. The molecule has 150 valence electrons. The number of nitrogens with two attached hydrogens (primary N) is 1. The number of H-pyrrole nitrogens is 2. The van der Waals surface area contributed by atoms with Crippen LogP contribution in [-0.4, -0.2) is 43.2 Å². The van der Waals surface area contributed by atoms with E-state index in [1.807, 2.05) is 23.1 Å². The van der Waals surface area contributed by atoms with Crippen molar-refractivity contribution in [2.24, 2.45) is 12.8 Å². The average molecular weight is 414 g/mol. The van der Waals surface area contributed by atoms with Gasteiger partial charge in [-0.1, -0.05) is 17.7 Å². The summed E-state index contributed by atoms with van der Waals surface area (Å²) in [6, 6.07) is 7.48. The van der Waals surface area contributed by atoms with Gasteiger partial charge in [-0.25, -0.2) is 4.79 Å². The van der Waals surface area contributed by atoms with E-state index in [1.54, 1.807) is 17.7 Å². The number of benzene rings is 1. The molecular weight excluding hydrogens is 394 g/mol. The van der Waals surface area contributed by atoms with Crippen LogP contribution in [0.1, 0.15) is 12.1 Å². The first-order chi connectivity index (χ1) is 13.9. The standard InChI is InChI=1S/C19H20ClN7O2/c1-25-15-16(23-18(25)26-6-5-10(21)8-26)24-19(29)27(17(15)28)9-11-7-12-13(20)3-2-4-14(12)22-11/h2-4,7,10,22H,5-6,8-9,21H2,1H3,(H,24,29). The minimum atomic E-state index is -0.505. The highest BCUT2D eigenvalue weighted by atomic mass is 35.5. The number of halogens is 1. The zero-order valence-corrected chi connectivity index (χ0v) is 16.5. The topological polar surface area (TPSA) is 118 Å². The zero-order valence-electron chi connectivity index (χ0n) is 15.8. The molecule has 0 radical (unpaired) electrons. The van der Waals surface area contributed by atoms with Crippen LogP contribution in [0, 0.1) is 0 Å². The van der Waals surface area contributed by atoms with Crippen LogP contribution in [-0.2, 0) is 13.6 Å². The summed E-state index contributed by atoms with van der Waals surface area (Å²) in [5.74, 6) is 0.635. The van der Waals surface area contributed by atoms with Crippen LogP contribution in [0.2, 0.25) is 5.02 Å². The molecule has 3 aromatic heterocycles. The van der Waals surface area contributed by atoms with Gasteiger partial charge in [0.25, 0.3) is 5.56 Å². The highest BCUT2D eigenvalue weighted by molar-refractivity contribution is 6.35. The Morgan fingerprint density at radius 2 is 2.14 bits per heavy atom. The molecule has 5 rings (SSSR count). The number of hydrogen-bond acceptors (Lipinski definition) is 5. The molecule has 1 saturated heterocycles. The molecule has 0 bridgehead atoms. The van der Waals surface area contributed by atoms with Crippen LogP contribution >= 0.6 is 11.6 Å². The zero-order chi connectivity index (χ0) is 20.3. The normalized spacial score (nSPS) is 17.1. The van der Waals surface area contributed by atoms with Gasteiger partial charge in [-0.3, -0.25) is 14.3 Å². The summed E-state index contributed by atoms with van der Waals surface area (Å²) in [5, 5.41) is 1.46. The van der Waals surface area contributed by atoms with Crippen molar-refractivity contribution in [1.82, 2.24) is 24.1 Å². The first-order valence-corrected chi connectivity index (χ1v) is 9.76. The third-order valence-electron chi connectivity index (χ3n) is 5.49. The number of imidazole rings is 1. The molecule has 1 aromatic carbocycles. The van der Waals surface area contributed by atoms with Gasteiger partial charge in [0, 0.05) is 47.8 Å². The van der Waals surface area contributed by atoms with Crippen molar-refractivity contribution in [1.29, 1.82) is 0 Å². The second kappa shape index (κ2) is 6.50. The quantitative estimate of drug-likeness (QED) is 0.465. The molecular formula is C19H20ClN7O2. The summed E-state index contributed by atoms with van der Waals surface area (Å²) in [6.07, 6.45) is 0.868. The average Bonchev–Trinajstić information content (AvgIpc) is 3.36. The van der Waals surface area contributed by atoms with E-state index in [2.05, 4.69) is 15.0 Å². The van der Waals surface area contributed by atoms with E-state index >= 15 is 0 Å². The Labute approximate surface area is 169 Å². The van der Waals surface area contributed by atoms with Gasteiger partial charge in [-0.15, -0.1) is 0 Å². The molecule has 0 saturated carbocycles. The lowest BCUT2D eigenvalue weighted by molar-refractivity contribution is 0.695. The molecule has 29 heavy (non-hydrogen) atoms. The number of fused-ring (bicyclic) bond motifs is 2. The summed E-state index contributed by atoms with van der Waals surface area (Å²) in [6.45, 7) is 1.54. The van der Waals surface area contributed by atoms with Crippen molar-refractivity contribution in [2.75, 3.05) is 18.0 Å². The lowest BCUT2D eigenvalue weighted by Crippen LogP contribution is -2.36. The minimum Gasteiger partial charge on any atom is -0.357 e. The highest BCUT2D eigenvalue weighted by Crippen LogP contribution is 2.24. The minimum absolute atomic E-state index is 0.0827. The first kappa shape index (κ1) is 18.0. The summed E-state index contributed by atoms with van der Waals surface area (Å²) in [4.78, 5) is 38.2. The molecule has 1 atom stereocenters. The maximum Gasteiger partial charge on any atom is 0.330 e. The molecule has 9 nitrogen and oxygen atoms in total. The highest BCUT2D eigenvalue weighted by Gasteiger charge is 2.25. The number of aromatic amines is 2. The van der Waals surface area contributed by atoms with E-state index in [4.69, 9.17) is 17.3 Å². The van der Waals surface area contributed by atoms with E-state index in [1.165, 1.54) is 4.57 Å². The van der Waals surface area contributed by atoms with Gasteiger partial charge in [0.15, 0.2) is 11.2 Å². The van der Waals surface area contributed by atoms with Crippen LogP contribution in [0.4, 0.5) is 5.95 Å². The monoisotopic (exact) mass is 413 g/mol. The number of nitrogens with zero attached hydrogens (tertiary/aromatic N) is 4. The Bertz CT molecular complexity index is 1360. The lowest BCUT2D eigenvalue weighted by atomic mass is 10.2. The van der Waals surface area contributed by atoms with Crippen molar-refractivity contribution >= 4 is 39.6 Å². The lowest BCUT2D eigenvalue weighted by Gasteiger charge is -2.16. The van der Waals surface area contributed by atoms with Gasteiger partial charge < -0.3 is 20.2 Å². The molecule has 0 amide bonds. The Kier molecular flexibility index (Phi) is 4.04. The maximum absolute atomic E-state index is 13.1. The van der Waals surface area contributed by atoms with Crippen LogP contribution in [0.25, 0.3) is 22.1 Å². The predicted molar refractivity (Wildman–Crippen MR) is 113 cm³/mol. The number of nitrogens with one attached hydrogen (secondary N) is 2. The van der Waals surface area contributed by atoms with E-state index in [0.717, 1.165) is 23.9 Å². The first-order valence-electron chi connectivity index (χ1n) is 9.38. The number of aryl methyl sites for hydroxylation is 1. The third kappa shape index (κ3) is 2.85. The predicted octanol–water partition coefficient (Wildman–Crippen LogP) is 1.14. The van der Waals surface area contributed by atoms with Gasteiger partial charge in [0.2, 0.25) is 5.95 Å². The van der Waals surface area contributed by atoms with Crippen molar-refractivity contribution in [3.63, 3.8) is 0 Å². The van der Waals surface area contributed by atoms with Gasteiger partial charge in [-0.05, 0) is 24.6 Å². The Morgan fingerprint density at radius 3 is 2.86 bits per heavy atom. The third-order valence-corrected chi connectivity index (χ3v) is 5.82. The molecule has 1 aliphatic rings. The van der Waals surface area contributed by atoms with Gasteiger partial charge in [-0.2, -0.15) is 4.98 Å². The second-order valence-electron chi connectivity index (χ2n) is 7.48. The number of aromatic nitrogens is 5. The Morgan fingerprint density at radius 1 is 1.31 bits per heavy atom. The van der Waals surface area contributed by atoms with E-state index in [-0.39, 0.29) is 18.2 Å². The van der Waals surface area contributed by atoms with Crippen LogP contribution < -0.4 is 21.9 Å². The summed E-state index contributed by atoms with van der Waals surface area (Å²) in [5.41, 5.74) is 7.31. The van der Waals surface area contributed by atoms with Gasteiger partial charge in [0.1, 0.15) is 0 Å². The van der Waals surface area contributed by atoms with Crippen LogP contribution in [0.3, 0.4) is 0 Å². The summed E-state index contributed by atoms with van der Waals surface area (Å²) >= 11 is 6.23. The van der Waals surface area contributed by atoms with E-state index < -0.39 is 11.2 Å². The maximum atomic E-state index is 13.1. The Hall–Kier alpha value is -3.04. The van der Waals surface area contributed by atoms with Crippen LogP contribution in [0.5, 0.6) is 0 Å². The number of hydrogen-bond donors (Lipinski definition) is 3. The molecule has 1 unspecified atom stereocenters. The Balaban J connectivity index is 1.60. The molecule has 4 N–H and O–H groups in total. The van der Waals surface area contributed by atoms with E-state index in [0.29, 0.717) is 28.7 Å². The SMILES string of the molecule is Cn1c(N2CCC(N)C2)nc2[nH]c(=O)n(Cc3cc4c(Cl)cccc4[nH]3)c(=O)c21. The van der Waals surface area contributed by atoms with Crippen LogP contribution in [0.15, 0.2) is 33.9 Å². The molecule has 0 spiro atoms. The molecule has 10 heteroatoms. The number of anilines is 1. The fraction of sp³-hybridized carbons (Fsp3) is 0.316.